The van der Waals surface area contributed by atoms with E-state index in [2.05, 4.69) is 19.7 Å². The SMILES string of the molecule is C=CC(=O)OCCCCOc1ccc(C(=O)Oc2ccc(OC(=C)C3CSC(OC(=O)C=C)CS3)c(O)c2)cc1. The molecular weight excluding hydrogens is 556 g/mol. The molecule has 2 aromatic rings. The fourth-order valence-electron chi connectivity index (χ4n) is 3.25. The molecule has 0 bridgehead atoms. The van der Waals surface area contributed by atoms with Gasteiger partial charge in [-0.2, -0.15) is 0 Å². The Morgan fingerprint density at radius 1 is 0.900 bits per heavy atom. The molecular formula is C29H30O9S2. The van der Waals surface area contributed by atoms with Crippen LogP contribution in [-0.4, -0.2) is 58.4 Å². The number of thioether (sulfide) groups is 2. The van der Waals surface area contributed by atoms with Gasteiger partial charge in [-0.3, -0.25) is 0 Å². The summed E-state index contributed by atoms with van der Waals surface area (Å²) >= 11 is 3.02. The molecule has 1 aliphatic rings. The number of benzene rings is 2. The molecule has 212 valence electrons. The standard InChI is InChI=1S/C29H30O9S2/c1-4-26(31)35-15-7-6-14-34-21-10-8-20(9-11-21)29(33)37-22-12-13-24(23(30)16-22)36-19(3)25-17-40-28(18-39-25)38-27(32)5-2/h4-5,8-13,16,25,28,30H,1-3,6-7,14-15,17-18H2. The van der Waals surface area contributed by atoms with E-state index in [0.717, 1.165) is 12.2 Å². The van der Waals surface area contributed by atoms with Crippen molar-refractivity contribution in [1.29, 1.82) is 0 Å². The maximum atomic E-state index is 12.6. The number of esters is 3. The zero-order chi connectivity index (χ0) is 28.9. The number of ether oxygens (including phenoxy) is 5. The first-order valence-corrected chi connectivity index (χ1v) is 14.4. The summed E-state index contributed by atoms with van der Waals surface area (Å²) in [5, 5.41) is 10.4. The van der Waals surface area contributed by atoms with Crippen LogP contribution in [0, 0.1) is 0 Å². The molecule has 40 heavy (non-hydrogen) atoms. The fraction of sp³-hybridized carbons (Fsp3) is 0.276. The summed E-state index contributed by atoms with van der Waals surface area (Å²) in [7, 11) is 0. The van der Waals surface area contributed by atoms with E-state index in [-0.39, 0.29) is 27.9 Å². The summed E-state index contributed by atoms with van der Waals surface area (Å²) in [5.74, 6) is 0.822. The van der Waals surface area contributed by atoms with E-state index >= 15 is 0 Å². The highest BCUT2D eigenvalue weighted by Crippen LogP contribution is 2.37. The van der Waals surface area contributed by atoms with Crippen LogP contribution in [0.4, 0.5) is 0 Å². The number of aromatic hydroxyl groups is 1. The van der Waals surface area contributed by atoms with Gasteiger partial charge in [-0.15, -0.1) is 23.5 Å². The van der Waals surface area contributed by atoms with Crippen LogP contribution in [0.25, 0.3) is 0 Å². The van der Waals surface area contributed by atoms with E-state index in [1.165, 1.54) is 41.7 Å². The van der Waals surface area contributed by atoms with Gasteiger partial charge in [0.25, 0.3) is 0 Å². The summed E-state index contributed by atoms with van der Waals surface area (Å²) in [6, 6.07) is 10.8. The third-order valence-corrected chi connectivity index (χ3v) is 8.24. The highest BCUT2D eigenvalue weighted by Gasteiger charge is 2.27. The number of rotatable bonds is 14. The van der Waals surface area contributed by atoms with Crippen LogP contribution in [-0.2, 0) is 19.1 Å². The second-order valence-electron chi connectivity index (χ2n) is 8.26. The van der Waals surface area contributed by atoms with Gasteiger partial charge in [-0.05, 0) is 49.2 Å². The van der Waals surface area contributed by atoms with Crippen molar-refractivity contribution < 1.29 is 43.2 Å². The summed E-state index contributed by atoms with van der Waals surface area (Å²) in [6.45, 7) is 11.4. The molecule has 2 aromatic carbocycles. The van der Waals surface area contributed by atoms with E-state index in [4.69, 9.17) is 23.7 Å². The Kier molecular flexibility index (Phi) is 12.0. The third kappa shape index (κ3) is 9.73. The summed E-state index contributed by atoms with van der Waals surface area (Å²) in [5.41, 5.74) is 0.0402. The van der Waals surface area contributed by atoms with Crippen LogP contribution in [0.5, 0.6) is 23.0 Å². The molecule has 0 saturated carbocycles. The zero-order valence-corrected chi connectivity index (χ0v) is 23.4. The molecule has 0 aromatic heterocycles. The normalized spacial score (nSPS) is 16.2. The molecule has 0 amide bonds. The maximum absolute atomic E-state index is 12.6. The van der Waals surface area contributed by atoms with Gasteiger partial charge in [0.2, 0.25) is 0 Å². The molecule has 1 heterocycles. The van der Waals surface area contributed by atoms with E-state index in [1.54, 1.807) is 24.3 Å². The second-order valence-corrected chi connectivity index (χ2v) is 10.7. The Labute approximate surface area is 241 Å². The monoisotopic (exact) mass is 586 g/mol. The lowest BCUT2D eigenvalue weighted by Crippen LogP contribution is -2.27. The van der Waals surface area contributed by atoms with Gasteiger partial charge in [0.15, 0.2) is 16.9 Å². The molecule has 3 rings (SSSR count). The van der Waals surface area contributed by atoms with Crippen molar-refractivity contribution in [3.05, 3.63) is 85.7 Å². The lowest BCUT2D eigenvalue weighted by Gasteiger charge is -2.28. The van der Waals surface area contributed by atoms with Crippen LogP contribution in [0.2, 0.25) is 0 Å². The molecule has 0 aliphatic carbocycles. The molecule has 11 heteroatoms. The largest absolute Gasteiger partial charge is 0.504 e. The van der Waals surface area contributed by atoms with Crippen molar-refractivity contribution in [2.24, 2.45) is 0 Å². The van der Waals surface area contributed by atoms with Gasteiger partial charge < -0.3 is 28.8 Å². The topological polar surface area (TPSA) is 118 Å². The van der Waals surface area contributed by atoms with Gasteiger partial charge in [0.1, 0.15) is 17.3 Å². The Hall–Kier alpha value is -3.83. The van der Waals surface area contributed by atoms with Gasteiger partial charge >= 0.3 is 17.9 Å². The third-order valence-electron chi connectivity index (χ3n) is 5.33. The molecule has 1 aliphatic heterocycles. The van der Waals surface area contributed by atoms with Gasteiger partial charge in [0, 0.05) is 29.7 Å². The average molecular weight is 587 g/mol. The molecule has 0 spiro atoms. The van der Waals surface area contributed by atoms with Crippen molar-refractivity contribution >= 4 is 41.4 Å². The van der Waals surface area contributed by atoms with Crippen LogP contribution in [0.1, 0.15) is 23.2 Å². The molecule has 2 atom stereocenters. The van der Waals surface area contributed by atoms with Crippen LogP contribution in [0.3, 0.4) is 0 Å². The van der Waals surface area contributed by atoms with Gasteiger partial charge in [0.05, 0.1) is 24.0 Å². The molecule has 9 nitrogen and oxygen atoms in total. The lowest BCUT2D eigenvalue weighted by molar-refractivity contribution is -0.139. The molecule has 1 N–H and O–H groups in total. The molecule has 0 radical (unpaired) electrons. The summed E-state index contributed by atoms with van der Waals surface area (Å²) in [4.78, 5) is 34.9. The van der Waals surface area contributed by atoms with Crippen LogP contribution < -0.4 is 14.2 Å². The highest BCUT2D eigenvalue weighted by molar-refractivity contribution is 8.07. The number of phenols is 1. The first-order chi connectivity index (χ1) is 19.3. The zero-order valence-electron chi connectivity index (χ0n) is 21.7. The Balaban J connectivity index is 1.43. The van der Waals surface area contributed by atoms with E-state index in [9.17, 15) is 19.5 Å². The molecule has 1 saturated heterocycles. The predicted molar refractivity (Wildman–Crippen MR) is 154 cm³/mol. The molecule has 2 unspecified atom stereocenters. The van der Waals surface area contributed by atoms with Gasteiger partial charge in [-0.1, -0.05) is 19.7 Å². The average Bonchev–Trinajstić information content (AvgIpc) is 2.96. The maximum Gasteiger partial charge on any atom is 0.343 e. The Morgan fingerprint density at radius 2 is 1.60 bits per heavy atom. The second kappa shape index (κ2) is 15.7. The first-order valence-electron chi connectivity index (χ1n) is 12.3. The minimum atomic E-state index is -0.601. The highest BCUT2D eigenvalue weighted by atomic mass is 32.2. The van der Waals surface area contributed by atoms with Gasteiger partial charge in [-0.25, -0.2) is 14.4 Å². The summed E-state index contributed by atoms with van der Waals surface area (Å²) in [6.07, 6.45) is 3.60. The quantitative estimate of drug-likeness (QED) is 0.102. The smallest absolute Gasteiger partial charge is 0.343 e. The van der Waals surface area contributed by atoms with Crippen molar-refractivity contribution in [2.75, 3.05) is 24.7 Å². The minimum absolute atomic E-state index is 0.0606. The van der Waals surface area contributed by atoms with E-state index in [1.807, 2.05) is 0 Å². The van der Waals surface area contributed by atoms with E-state index in [0.29, 0.717) is 54.6 Å². The first kappa shape index (κ1) is 30.7. The number of carbonyl (C=O) groups is 3. The fourth-order valence-corrected chi connectivity index (χ4v) is 5.92. The van der Waals surface area contributed by atoms with Crippen molar-refractivity contribution in [3.63, 3.8) is 0 Å². The number of hydrogen-bond donors (Lipinski definition) is 1. The predicted octanol–water partition coefficient (Wildman–Crippen LogP) is 5.30. The number of hydrogen-bond acceptors (Lipinski definition) is 11. The number of unbranched alkanes of at least 4 members (excludes halogenated alkanes) is 1. The van der Waals surface area contributed by atoms with Crippen molar-refractivity contribution in [1.82, 2.24) is 0 Å². The molecule has 1 fully saturated rings. The van der Waals surface area contributed by atoms with Crippen LogP contribution >= 0.6 is 23.5 Å². The Bertz CT molecular complexity index is 1220. The summed E-state index contributed by atoms with van der Waals surface area (Å²) < 4.78 is 26.9. The number of carbonyl (C=O) groups excluding carboxylic acids is 3. The lowest BCUT2D eigenvalue weighted by atomic mass is 10.2. The van der Waals surface area contributed by atoms with Crippen molar-refractivity contribution in [2.45, 2.75) is 23.5 Å². The Morgan fingerprint density at radius 3 is 2.25 bits per heavy atom. The minimum Gasteiger partial charge on any atom is -0.504 e. The van der Waals surface area contributed by atoms with Crippen molar-refractivity contribution in [3.8, 4) is 23.0 Å². The number of phenolic OH excluding ortho intramolecular Hbond substituents is 1. The van der Waals surface area contributed by atoms with E-state index < -0.39 is 17.9 Å². The van der Waals surface area contributed by atoms with Crippen LogP contribution in [0.15, 0.2) is 80.1 Å².